The van der Waals surface area contributed by atoms with Crippen molar-refractivity contribution in [3.8, 4) is 0 Å². The summed E-state index contributed by atoms with van der Waals surface area (Å²) in [6.07, 6.45) is 2.42. The maximum atomic E-state index is 5.58. The van der Waals surface area contributed by atoms with Crippen LogP contribution in [-0.2, 0) is 6.42 Å². The van der Waals surface area contributed by atoms with Crippen LogP contribution in [0.5, 0.6) is 0 Å². The first-order valence-corrected chi connectivity index (χ1v) is 4.56. The van der Waals surface area contributed by atoms with Crippen molar-refractivity contribution in [2.45, 2.75) is 13.3 Å². The van der Waals surface area contributed by atoms with Gasteiger partial charge in [-0.3, -0.25) is 0 Å². The van der Waals surface area contributed by atoms with Gasteiger partial charge in [0.2, 0.25) is 0 Å². The molecule has 14 heavy (non-hydrogen) atoms. The van der Waals surface area contributed by atoms with Crippen LogP contribution in [0.4, 0.5) is 5.69 Å². The molecule has 3 nitrogen and oxygen atoms in total. The Kier molecular flexibility index (Phi) is 3.73. The number of aryl methyl sites for hydroxylation is 1. The highest BCUT2D eigenvalue weighted by molar-refractivity contribution is 5.92. The average molecular weight is 189 g/mol. The number of rotatable bonds is 3. The van der Waals surface area contributed by atoms with Gasteiger partial charge in [-0.25, -0.2) is 4.99 Å². The Morgan fingerprint density at radius 2 is 2.43 bits per heavy atom. The zero-order valence-electron chi connectivity index (χ0n) is 8.33. The zero-order valence-corrected chi connectivity index (χ0v) is 8.33. The van der Waals surface area contributed by atoms with Gasteiger partial charge < -0.3 is 11.1 Å². The molecule has 0 spiro atoms. The molecule has 0 aliphatic rings. The molecule has 0 aliphatic heterocycles. The normalized spacial score (nSPS) is 11.1. The van der Waals surface area contributed by atoms with E-state index in [0.717, 1.165) is 12.1 Å². The van der Waals surface area contributed by atoms with Gasteiger partial charge in [0.25, 0.3) is 0 Å². The maximum absolute atomic E-state index is 5.58. The average Bonchev–Trinajstić information content (AvgIpc) is 2.18. The lowest BCUT2D eigenvalue weighted by molar-refractivity contribution is 1.14. The lowest BCUT2D eigenvalue weighted by Gasteiger charge is -2.05. The second-order valence-corrected chi connectivity index (χ2v) is 2.88. The number of anilines is 1. The van der Waals surface area contributed by atoms with Gasteiger partial charge in [0.1, 0.15) is 0 Å². The van der Waals surface area contributed by atoms with Crippen LogP contribution in [-0.4, -0.2) is 5.96 Å². The highest BCUT2D eigenvalue weighted by Gasteiger charge is 1.94. The van der Waals surface area contributed by atoms with Crippen molar-refractivity contribution in [2.75, 3.05) is 5.32 Å². The topological polar surface area (TPSA) is 50.4 Å². The number of hydrogen-bond donors (Lipinski definition) is 2. The Bertz CT molecular complexity index is 342. The lowest BCUT2D eigenvalue weighted by Crippen LogP contribution is -2.21. The predicted octanol–water partition coefficient (Wildman–Crippen LogP) is 2.12. The minimum Gasteiger partial charge on any atom is -0.369 e. The molecular formula is C11H15N3. The van der Waals surface area contributed by atoms with Crippen molar-refractivity contribution in [1.29, 1.82) is 0 Å². The molecule has 0 heterocycles. The van der Waals surface area contributed by atoms with Gasteiger partial charge in [0.05, 0.1) is 0 Å². The molecule has 1 rings (SSSR count). The van der Waals surface area contributed by atoms with E-state index in [1.807, 2.05) is 18.2 Å². The molecule has 0 aliphatic carbocycles. The van der Waals surface area contributed by atoms with Crippen LogP contribution in [0.2, 0.25) is 0 Å². The number of guanidine groups is 1. The SMILES string of the molecule is C=C/N=C(\N)Nc1cccc(CC)c1. The summed E-state index contributed by atoms with van der Waals surface area (Å²) in [5.41, 5.74) is 7.79. The molecule has 0 saturated heterocycles. The second kappa shape index (κ2) is 5.07. The van der Waals surface area contributed by atoms with Crippen LogP contribution < -0.4 is 11.1 Å². The third-order valence-electron chi connectivity index (χ3n) is 1.84. The van der Waals surface area contributed by atoms with Crippen LogP contribution in [0.1, 0.15) is 12.5 Å². The molecule has 0 saturated carbocycles. The van der Waals surface area contributed by atoms with E-state index in [1.54, 1.807) is 0 Å². The molecule has 0 bridgehead atoms. The highest BCUT2D eigenvalue weighted by Crippen LogP contribution is 2.10. The largest absolute Gasteiger partial charge is 0.369 e. The van der Waals surface area contributed by atoms with Crippen molar-refractivity contribution >= 4 is 11.6 Å². The van der Waals surface area contributed by atoms with E-state index in [2.05, 4.69) is 29.9 Å². The number of nitrogens with zero attached hydrogens (tertiary/aromatic N) is 1. The third-order valence-corrected chi connectivity index (χ3v) is 1.84. The van der Waals surface area contributed by atoms with Crippen LogP contribution in [0, 0.1) is 0 Å². The number of benzene rings is 1. The Morgan fingerprint density at radius 3 is 3.07 bits per heavy atom. The van der Waals surface area contributed by atoms with Crippen LogP contribution in [0.3, 0.4) is 0 Å². The maximum Gasteiger partial charge on any atom is 0.197 e. The number of nitrogens with one attached hydrogen (secondary N) is 1. The summed E-state index contributed by atoms with van der Waals surface area (Å²) in [5, 5.41) is 2.97. The predicted molar refractivity (Wildman–Crippen MR) is 61.3 cm³/mol. The van der Waals surface area contributed by atoms with Gasteiger partial charge in [0.15, 0.2) is 5.96 Å². The summed E-state index contributed by atoms with van der Waals surface area (Å²) >= 11 is 0. The zero-order chi connectivity index (χ0) is 10.4. The fourth-order valence-electron chi connectivity index (χ4n) is 1.15. The molecule has 0 radical (unpaired) electrons. The van der Waals surface area contributed by atoms with Crippen LogP contribution in [0.15, 0.2) is 42.0 Å². The Morgan fingerprint density at radius 1 is 1.64 bits per heavy atom. The van der Waals surface area contributed by atoms with Gasteiger partial charge in [-0.1, -0.05) is 25.6 Å². The van der Waals surface area contributed by atoms with Gasteiger partial charge in [-0.15, -0.1) is 0 Å². The van der Waals surface area contributed by atoms with Crippen molar-refractivity contribution in [3.63, 3.8) is 0 Å². The molecule has 0 aromatic heterocycles. The third kappa shape index (κ3) is 2.94. The molecule has 0 amide bonds. The standard InChI is InChI=1S/C11H15N3/c1-3-9-6-5-7-10(8-9)14-11(12)13-4-2/h4-8H,2-3H2,1H3,(H3,12,13,14). The van der Waals surface area contributed by atoms with E-state index in [-0.39, 0.29) is 0 Å². The molecule has 0 fully saturated rings. The van der Waals surface area contributed by atoms with Crippen molar-refractivity contribution in [2.24, 2.45) is 10.7 Å². The summed E-state index contributed by atoms with van der Waals surface area (Å²) in [5.74, 6) is 0.355. The molecule has 3 heteroatoms. The van der Waals surface area contributed by atoms with E-state index < -0.39 is 0 Å². The second-order valence-electron chi connectivity index (χ2n) is 2.88. The smallest absolute Gasteiger partial charge is 0.197 e. The Labute approximate surface area is 84.4 Å². The first-order valence-electron chi connectivity index (χ1n) is 4.56. The van der Waals surface area contributed by atoms with E-state index in [4.69, 9.17) is 5.73 Å². The molecule has 1 aromatic carbocycles. The van der Waals surface area contributed by atoms with Crippen molar-refractivity contribution in [3.05, 3.63) is 42.6 Å². The number of aliphatic imine (C=N–C) groups is 1. The van der Waals surface area contributed by atoms with Crippen LogP contribution >= 0.6 is 0 Å². The summed E-state index contributed by atoms with van der Waals surface area (Å²) in [4.78, 5) is 3.82. The van der Waals surface area contributed by atoms with Crippen LogP contribution in [0.25, 0.3) is 0 Å². The summed E-state index contributed by atoms with van der Waals surface area (Å²) < 4.78 is 0. The molecule has 1 aromatic rings. The van der Waals surface area contributed by atoms with E-state index in [9.17, 15) is 0 Å². The minimum atomic E-state index is 0.355. The number of hydrogen-bond acceptors (Lipinski definition) is 1. The lowest BCUT2D eigenvalue weighted by atomic mass is 10.1. The summed E-state index contributed by atoms with van der Waals surface area (Å²) in [6, 6.07) is 8.06. The highest BCUT2D eigenvalue weighted by atomic mass is 15.1. The van der Waals surface area contributed by atoms with Crippen molar-refractivity contribution in [1.82, 2.24) is 0 Å². The van der Waals surface area contributed by atoms with E-state index in [1.165, 1.54) is 11.8 Å². The molecule has 74 valence electrons. The fourth-order valence-corrected chi connectivity index (χ4v) is 1.15. The van der Waals surface area contributed by atoms with E-state index >= 15 is 0 Å². The Hall–Kier alpha value is -1.77. The minimum absolute atomic E-state index is 0.355. The molecule has 0 unspecified atom stereocenters. The molecular weight excluding hydrogens is 174 g/mol. The van der Waals surface area contributed by atoms with Gasteiger partial charge >= 0.3 is 0 Å². The van der Waals surface area contributed by atoms with E-state index in [0.29, 0.717) is 5.96 Å². The van der Waals surface area contributed by atoms with Crippen molar-refractivity contribution < 1.29 is 0 Å². The summed E-state index contributed by atoms with van der Waals surface area (Å²) in [6.45, 7) is 5.58. The Balaban J connectivity index is 2.76. The quantitative estimate of drug-likeness (QED) is 0.565. The van der Waals surface area contributed by atoms with Gasteiger partial charge in [-0.2, -0.15) is 0 Å². The fraction of sp³-hybridized carbons (Fsp3) is 0.182. The first kappa shape index (κ1) is 10.3. The monoisotopic (exact) mass is 189 g/mol. The first-order chi connectivity index (χ1) is 6.76. The molecule has 0 atom stereocenters. The number of nitrogens with two attached hydrogens (primary N) is 1. The van der Waals surface area contributed by atoms with Gasteiger partial charge in [0, 0.05) is 11.9 Å². The molecule has 3 N–H and O–H groups in total. The van der Waals surface area contributed by atoms with Gasteiger partial charge in [-0.05, 0) is 24.1 Å². The summed E-state index contributed by atoms with van der Waals surface area (Å²) in [7, 11) is 0.